The molecule has 3 aromatic rings. The molecule has 1 saturated heterocycles. The molecule has 2 aromatic carbocycles. The lowest BCUT2D eigenvalue weighted by atomic mass is 9.95. The lowest BCUT2D eigenvalue weighted by Gasteiger charge is -2.34. The Hall–Kier alpha value is -2.93. The third kappa shape index (κ3) is 3.46. The molecule has 6 nitrogen and oxygen atoms in total. The smallest absolute Gasteiger partial charge is 0.232 e. The van der Waals surface area contributed by atoms with E-state index < -0.39 is 0 Å². The molecule has 1 atom stereocenters. The number of nitrogens with one attached hydrogen (secondary N) is 1. The normalized spacial score (nSPS) is 18.8. The van der Waals surface area contributed by atoms with E-state index in [1.54, 1.807) is 11.3 Å². The van der Waals surface area contributed by atoms with Crippen molar-refractivity contribution in [2.45, 2.75) is 18.8 Å². The number of thiazole rings is 1. The van der Waals surface area contributed by atoms with Gasteiger partial charge in [-0.15, -0.1) is 0 Å². The molecule has 0 spiro atoms. The van der Waals surface area contributed by atoms with Gasteiger partial charge >= 0.3 is 0 Å². The average molecular weight is 407 g/mol. The number of anilines is 2. The minimum absolute atomic E-state index is 0.000319. The summed E-state index contributed by atoms with van der Waals surface area (Å²) in [5.41, 5.74) is 2.91. The highest BCUT2D eigenvalue weighted by molar-refractivity contribution is 7.22. The molecular formula is C22H22N4O2S. The molecule has 1 N–H and O–H groups in total. The van der Waals surface area contributed by atoms with E-state index in [1.807, 2.05) is 47.4 Å². The largest absolute Gasteiger partial charge is 0.345 e. The lowest BCUT2D eigenvalue weighted by Crippen LogP contribution is -2.48. The number of hydrogen-bond acceptors (Lipinski definition) is 5. The number of para-hydroxylation sites is 2. The van der Waals surface area contributed by atoms with E-state index in [2.05, 4.69) is 16.3 Å². The molecule has 148 valence electrons. The topological polar surface area (TPSA) is 65.5 Å². The Morgan fingerprint density at radius 3 is 2.66 bits per heavy atom. The fourth-order valence-corrected chi connectivity index (χ4v) is 5.15. The number of aromatic nitrogens is 1. The van der Waals surface area contributed by atoms with Crippen molar-refractivity contribution in [1.29, 1.82) is 0 Å². The summed E-state index contributed by atoms with van der Waals surface area (Å²) in [4.78, 5) is 33.9. The van der Waals surface area contributed by atoms with Crippen LogP contribution in [0.4, 0.5) is 10.8 Å². The molecule has 1 aromatic heterocycles. The average Bonchev–Trinajstić information content (AvgIpc) is 3.32. The summed E-state index contributed by atoms with van der Waals surface area (Å²) < 4.78 is 1.19. The molecule has 7 heteroatoms. The Morgan fingerprint density at radius 2 is 1.83 bits per heavy atom. The number of carbonyl (C=O) groups is 2. The Bertz CT molecular complexity index is 1040. The third-order valence-electron chi connectivity index (χ3n) is 5.74. The van der Waals surface area contributed by atoms with Crippen LogP contribution in [0.1, 0.15) is 24.3 Å². The Kier molecular flexibility index (Phi) is 4.67. The summed E-state index contributed by atoms with van der Waals surface area (Å²) >= 11 is 1.70. The van der Waals surface area contributed by atoms with Crippen LogP contribution < -0.4 is 10.2 Å². The van der Waals surface area contributed by atoms with Crippen LogP contribution in [0.25, 0.3) is 10.2 Å². The van der Waals surface area contributed by atoms with Gasteiger partial charge in [0.2, 0.25) is 11.8 Å². The SMILES string of the molecule is O=C1Nc2ccccc2[C@@H]1CCC(=O)N1CCN(c2nc3ccccc3s2)CC1. The van der Waals surface area contributed by atoms with Gasteiger partial charge in [-0.3, -0.25) is 9.59 Å². The lowest BCUT2D eigenvalue weighted by molar-refractivity contribution is -0.131. The fourth-order valence-electron chi connectivity index (χ4n) is 4.13. The van der Waals surface area contributed by atoms with Gasteiger partial charge in [0.15, 0.2) is 5.13 Å². The molecule has 2 amide bonds. The van der Waals surface area contributed by atoms with Gasteiger partial charge in [-0.25, -0.2) is 4.98 Å². The number of benzene rings is 2. The second kappa shape index (κ2) is 7.48. The zero-order valence-corrected chi connectivity index (χ0v) is 16.8. The van der Waals surface area contributed by atoms with E-state index in [4.69, 9.17) is 4.98 Å². The molecule has 1 fully saturated rings. The van der Waals surface area contributed by atoms with Crippen LogP contribution in [0.2, 0.25) is 0 Å². The van der Waals surface area contributed by atoms with Crippen molar-refractivity contribution < 1.29 is 9.59 Å². The van der Waals surface area contributed by atoms with Crippen molar-refractivity contribution in [3.05, 3.63) is 54.1 Å². The maximum Gasteiger partial charge on any atom is 0.232 e. The van der Waals surface area contributed by atoms with Gasteiger partial charge in [-0.2, -0.15) is 0 Å². The molecule has 0 bridgehead atoms. The number of rotatable bonds is 4. The summed E-state index contributed by atoms with van der Waals surface area (Å²) in [7, 11) is 0. The molecule has 3 heterocycles. The molecule has 0 unspecified atom stereocenters. The van der Waals surface area contributed by atoms with E-state index in [1.165, 1.54) is 4.70 Å². The van der Waals surface area contributed by atoms with E-state index in [9.17, 15) is 9.59 Å². The Morgan fingerprint density at radius 1 is 1.07 bits per heavy atom. The van der Waals surface area contributed by atoms with Crippen molar-refractivity contribution in [2.75, 3.05) is 36.4 Å². The first-order valence-electron chi connectivity index (χ1n) is 9.97. The van der Waals surface area contributed by atoms with Crippen LogP contribution in [0, 0.1) is 0 Å². The summed E-state index contributed by atoms with van der Waals surface area (Å²) in [6.45, 7) is 2.97. The molecular weight excluding hydrogens is 384 g/mol. The van der Waals surface area contributed by atoms with Crippen LogP contribution in [-0.2, 0) is 9.59 Å². The monoisotopic (exact) mass is 406 g/mol. The van der Waals surface area contributed by atoms with Gasteiger partial charge in [0.1, 0.15) is 0 Å². The zero-order valence-electron chi connectivity index (χ0n) is 16.0. The van der Waals surface area contributed by atoms with Gasteiger partial charge in [0.25, 0.3) is 0 Å². The molecule has 29 heavy (non-hydrogen) atoms. The van der Waals surface area contributed by atoms with Gasteiger partial charge < -0.3 is 15.1 Å². The first-order chi connectivity index (χ1) is 14.2. The number of piperazine rings is 1. The highest BCUT2D eigenvalue weighted by atomic mass is 32.1. The minimum Gasteiger partial charge on any atom is -0.345 e. The van der Waals surface area contributed by atoms with Gasteiger partial charge in [0, 0.05) is 38.3 Å². The van der Waals surface area contributed by atoms with Crippen molar-refractivity contribution >= 4 is 44.2 Å². The maximum absolute atomic E-state index is 12.7. The Labute approximate surface area is 173 Å². The molecule has 0 aliphatic carbocycles. The number of hydrogen-bond donors (Lipinski definition) is 1. The predicted octanol–water partition coefficient (Wildman–Crippen LogP) is 3.46. The summed E-state index contributed by atoms with van der Waals surface area (Å²) in [6.07, 6.45) is 0.952. The van der Waals surface area contributed by atoms with Crippen LogP contribution in [0.15, 0.2) is 48.5 Å². The molecule has 2 aliphatic heterocycles. The van der Waals surface area contributed by atoms with Crippen LogP contribution in [0.5, 0.6) is 0 Å². The highest BCUT2D eigenvalue weighted by Crippen LogP contribution is 2.35. The molecule has 0 saturated carbocycles. The fraction of sp³-hybridized carbons (Fsp3) is 0.318. The first-order valence-corrected chi connectivity index (χ1v) is 10.8. The van der Waals surface area contributed by atoms with Gasteiger partial charge in [0.05, 0.1) is 16.1 Å². The van der Waals surface area contributed by atoms with E-state index >= 15 is 0 Å². The first kappa shape index (κ1) is 18.1. The second-order valence-electron chi connectivity index (χ2n) is 7.50. The van der Waals surface area contributed by atoms with Gasteiger partial charge in [-0.1, -0.05) is 41.7 Å². The zero-order chi connectivity index (χ0) is 19.8. The number of nitrogens with zero attached hydrogens (tertiary/aromatic N) is 3. The summed E-state index contributed by atoms with van der Waals surface area (Å²) in [6, 6.07) is 15.9. The van der Waals surface area contributed by atoms with E-state index in [0.29, 0.717) is 25.9 Å². The Balaban J connectivity index is 1.17. The van der Waals surface area contributed by atoms with Crippen LogP contribution >= 0.6 is 11.3 Å². The number of amides is 2. The number of carbonyl (C=O) groups excluding carboxylic acids is 2. The quantitative estimate of drug-likeness (QED) is 0.721. The predicted molar refractivity (Wildman–Crippen MR) is 115 cm³/mol. The minimum atomic E-state index is -0.223. The van der Waals surface area contributed by atoms with Crippen molar-refractivity contribution in [3.63, 3.8) is 0 Å². The standard InChI is InChI=1S/C22H22N4O2S/c27-20(10-9-16-15-5-1-2-6-17(15)23-21(16)28)25-11-13-26(14-12-25)22-24-18-7-3-4-8-19(18)29-22/h1-8,16H,9-14H2,(H,23,28)/t16-/m0/s1. The second-order valence-corrected chi connectivity index (χ2v) is 8.51. The molecule has 0 radical (unpaired) electrons. The van der Waals surface area contributed by atoms with Crippen LogP contribution in [-0.4, -0.2) is 47.9 Å². The van der Waals surface area contributed by atoms with Crippen molar-refractivity contribution in [2.24, 2.45) is 0 Å². The van der Waals surface area contributed by atoms with Crippen LogP contribution in [0.3, 0.4) is 0 Å². The van der Waals surface area contributed by atoms with Crippen molar-refractivity contribution in [3.8, 4) is 0 Å². The van der Waals surface area contributed by atoms with E-state index in [-0.39, 0.29) is 17.7 Å². The van der Waals surface area contributed by atoms with E-state index in [0.717, 1.165) is 35.0 Å². The number of fused-ring (bicyclic) bond motifs is 2. The third-order valence-corrected chi connectivity index (χ3v) is 6.84. The highest BCUT2D eigenvalue weighted by Gasteiger charge is 2.31. The van der Waals surface area contributed by atoms with Crippen molar-refractivity contribution in [1.82, 2.24) is 9.88 Å². The summed E-state index contributed by atoms with van der Waals surface area (Å²) in [5, 5.41) is 3.93. The summed E-state index contributed by atoms with van der Waals surface area (Å²) in [5.74, 6) is -0.0926. The molecule has 5 rings (SSSR count). The maximum atomic E-state index is 12.7. The molecule has 2 aliphatic rings. The van der Waals surface area contributed by atoms with Gasteiger partial charge in [-0.05, 0) is 30.2 Å².